The number of aryl methyl sites for hydroxylation is 1. The minimum absolute atomic E-state index is 0.113. The molecular formula is C20H23N3O2S. The van der Waals surface area contributed by atoms with Crippen molar-refractivity contribution in [3.05, 3.63) is 53.6 Å². The molecule has 0 aliphatic rings. The van der Waals surface area contributed by atoms with Gasteiger partial charge in [0.15, 0.2) is 5.78 Å². The van der Waals surface area contributed by atoms with Crippen LogP contribution in [0.3, 0.4) is 0 Å². The van der Waals surface area contributed by atoms with Crippen molar-refractivity contribution in [1.29, 1.82) is 0 Å². The zero-order valence-electron chi connectivity index (χ0n) is 15.5. The van der Waals surface area contributed by atoms with Gasteiger partial charge in [-0.3, -0.25) is 4.79 Å². The van der Waals surface area contributed by atoms with Gasteiger partial charge in [-0.2, -0.15) is 0 Å². The van der Waals surface area contributed by atoms with E-state index in [-0.39, 0.29) is 11.8 Å². The van der Waals surface area contributed by atoms with Crippen LogP contribution in [0.2, 0.25) is 0 Å². The zero-order chi connectivity index (χ0) is 18.7. The van der Waals surface area contributed by atoms with Gasteiger partial charge in [0, 0.05) is 29.4 Å². The number of fused-ring (bicyclic) bond motifs is 1. The lowest BCUT2D eigenvalue weighted by Crippen LogP contribution is -2.14. The number of hydrogen-bond donors (Lipinski definition) is 0. The van der Waals surface area contributed by atoms with Crippen molar-refractivity contribution in [3.8, 4) is 0 Å². The molecule has 2 heterocycles. The second-order valence-corrected chi connectivity index (χ2v) is 7.33. The minimum atomic E-state index is 0.113. The highest BCUT2D eigenvalue weighted by molar-refractivity contribution is 8.00. The number of Topliss-reactive ketones (excluding diaryl/α,β-unsaturated/α-hetero) is 1. The summed E-state index contributed by atoms with van der Waals surface area (Å²) in [5.41, 5.74) is 3.73. The number of carbonyl (C=O) groups excluding carboxylic acids is 1. The van der Waals surface area contributed by atoms with E-state index in [1.165, 1.54) is 11.8 Å². The van der Waals surface area contributed by atoms with Crippen LogP contribution in [-0.4, -0.2) is 39.8 Å². The molecule has 0 radical (unpaired) electrons. The van der Waals surface area contributed by atoms with E-state index in [1.807, 2.05) is 44.2 Å². The predicted octanol–water partition coefficient (Wildman–Crippen LogP) is 4.23. The molecule has 0 fully saturated rings. The molecule has 0 amide bonds. The molecule has 136 valence electrons. The number of hydrogen-bond acceptors (Lipinski definition) is 5. The Balaban J connectivity index is 1.79. The topological polar surface area (TPSA) is 57.0 Å². The van der Waals surface area contributed by atoms with E-state index in [0.717, 1.165) is 32.9 Å². The zero-order valence-corrected chi connectivity index (χ0v) is 16.3. The maximum absolute atomic E-state index is 12.8. The lowest BCUT2D eigenvalue weighted by molar-refractivity contribution is 0.102. The smallest absolute Gasteiger partial charge is 0.174 e. The second kappa shape index (κ2) is 8.01. The van der Waals surface area contributed by atoms with Gasteiger partial charge in [0.25, 0.3) is 0 Å². The van der Waals surface area contributed by atoms with Gasteiger partial charge in [-0.15, -0.1) is 0 Å². The first-order valence-corrected chi connectivity index (χ1v) is 9.54. The van der Waals surface area contributed by atoms with Gasteiger partial charge >= 0.3 is 0 Å². The first kappa shape index (κ1) is 18.6. The first-order chi connectivity index (χ1) is 12.5. The molecule has 2 aromatic heterocycles. The minimum Gasteiger partial charge on any atom is -0.383 e. The summed E-state index contributed by atoms with van der Waals surface area (Å²) in [5, 5.41) is 1.82. The van der Waals surface area contributed by atoms with Crippen LogP contribution in [-0.2, 0) is 4.74 Å². The molecule has 6 heteroatoms. The third-order valence-electron chi connectivity index (χ3n) is 4.48. The van der Waals surface area contributed by atoms with Crippen LogP contribution in [0.4, 0.5) is 0 Å². The highest BCUT2D eigenvalue weighted by Crippen LogP contribution is 2.27. The number of aromatic nitrogens is 3. The Bertz CT molecular complexity index is 931. The Kier molecular flexibility index (Phi) is 5.74. The van der Waals surface area contributed by atoms with Crippen LogP contribution in [0.1, 0.15) is 34.7 Å². The molecule has 0 saturated carbocycles. The predicted molar refractivity (Wildman–Crippen MR) is 105 cm³/mol. The largest absolute Gasteiger partial charge is 0.383 e. The molecule has 1 unspecified atom stereocenters. The number of rotatable bonds is 7. The Morgan fingerprint density at radius 1 is 1.27 bits per heavy atom. The molecule has 0 bridgehead atoms. The van der Waals surface area contributed by atoms with Crippen LogP contribution in [0.15, 0.2) is 41.7 Å². The molecule has 0 aliphatic heterocycles. The highest BCUT2D eigenvalue weighted by atomic mass is 32.2. The molecule has 0 aliphatic carbocycles. The number of methoxy groups -OCH3 is 1. The van der Waals surface area contributed by atoms with Crippen molar-refractivity contribution in [2.24, 2.45) is 0 Å². The summed E-state index contributed by atoms with van der Waals surface area (Å²) >= 11 is 1.46. The molecular weight excluding hydrogens is 346 g/mol. The van der Waals surface area contributed by atoms with E-state index in [9.17, 15) is 4.79 Å². The van der Waals surface area contributed by atoms with E-state index in [2.05, 4.69) is 21.5 Å². The van der Waals surface area contributed by atoms with Crippen molar-refractivity contribution in [2.45, 2.75) is 31.8 Å². The maximum atomic E-state index is 12.8. The summed E-state index contributed by atoms with van der Waals surface area (Å²) in [5.74, 6) is 0.464. The molecule has 0 saturated heterocycles. The average Bonchev–Trinajstić information content (AvgIpc) is 2.94. The molecule has 26 heavy (non-hydrogen) atoms. The summed E-state index contributed by atoms with van der Waals surface area (Å²) in [6.07, 6.45) is 1.55. The summed E-state index contributed by atoms with van der Waals surface area (Å²) in [7, 11) is 1.69. The van der Waals surface area contributed by atoms with Gasteiger partial charge < -0.3 is 9.30 Å². The van der Waals surface area contributed by atoms with Gasteiger partial charge in [0.05, 0.1) is 23.9 Å². The van der Waals surface area contributed by atoms with Gasteiger partial charge in [-0.05, 0) is 32.9 Å². The highest BCUT2D eigenvalue weighted by Gasteiger charge is 2.19. The number of thioether (sulfide) groups is 1. The van der Waals surface area contributed by atoms with Gasteiger partial charge in [-0.1, -0.05) is 30.0 Å². The third-order valence-corrected chi connectivity index (χ3v) is 5.48. The number of benzene rings is 1. The SMILES string of the molecule is COCC(C)n1c(C)cc(C(=O)CSc2ncnc3ccccc23)c1C. The Morgan fingerprint density at radius 2 is 2.04 bits per heavy atom. The van der Waals surface area contributed by atoms with Gasteiger partial charge in [0.1, 0.15) is 11.4 Å². The van der Waals surface area contributed by atoms with Crippen molar-refractivity contribution in [3.63, 3.8) is 0 Å². The molecule has 1 aromatic carbocycles. The van der Waals surface area contributed by atoms with Crippen molar-refractivity contribution in [1.82, 2.24) is 14.5 Å². The average molecular weight is 369 g/mol. The Morgan fingerprint density at radius 3 is 2.81 bits per heavy atom. The lowest BCUT2D eigenvalue weighted by atomic mass is 10.2. The number of carbonyl (C=O) groups is 1. The monoisotopic (exact) mass is 369 g/mol. The standard InChI is InChI=1S/C20H23N3O2S/c1-13-9-17(15(3)23(13)14(2)10-25-4)19(24)11-26-20-16-7-5-6-8-18(16)21-12-22-20/h5-9,12,14H,10-11H2,1-4H3. The van der Waals surface area contributed by atoms with Crippen LogP contribution in [0.25, 0.3) is 10.9 Å². The fourth-order valence-corrected chi connectivity index (χ4v) is 4.23. The Labute approximate surface area is 157 Å². The summed E-state index contributed by atoms with van der Waals surface area (Å²) in [6, 6.07) is 10.0. The third kappa shape index (κ3) is 3.66. The normalized spacial score (nSPS) is 12.5. The van der Waals surface area contributed by atoms with Crippen molar-refractivity contribution in [2.75, 3.05) is 19.5 Å². The molecule has 1 atom stereocenters. The number of nitrogens with zero attached hydrogens (tertiary/aromatic N) is 3. The maximum Gasteiger partial charge on any atom is 0.174 e. The van der Waals surface area contributed by atoms with Crippen LogP contribution in [0, 0.1) is 13.8 Å². The number of ether oxygens (including phenoxy) is 1. The summed E-state index contributed by atoms with van der Waals surface area (Å²) in [4.78, 5) is 21.4. The van der Waals surface area contributed by atoms with Gasteiger partial charge in [0.2, 0.25) is 0 Å². The lowest BCUT2D eigenvalue weighted by Gasteiger charge is -2.17. The van der Waals surface area contributed by atoms with E-state index in [0.29, 0.717) is 12.4 Å². The molecule has 3 rings (SSSR count). The molecule has 0 spiro atoms. The van der Waals surface area contributed by atoms with Crippen LogP contribution in [0.5, 0.6) is 0 Å². The number of ketones is 1. The fraction of sp³-hybridized carbons (Fsp3) is 0.350. The van der Waals surface area contributed by atoms with Crippen LogP contribution < -0.4 is 0 Å². The van der Waals surface area contributed by atoms with Crippen molar-refractivity contribution < 1.29 is 9.53 Å². The molecule has 3 aromatic rings. The van der Waals surface area contributed by atoms with E-state index in [4.69, 9.17) is 4.74 Å². The molecule has 5 nitrogen and oxygen atoms in total. The quantitative estimate of drug-likeness (QED) is 0.354. The van der Waals surface area contributed by atoms with E-state index in [1.54, 1.807) is 13.4 Å². The van der Waals surface area contributed by atoms with E-state index >= 15 is 0 Å². The van der Waals surface area contributed by atoms with Crippen LogP contribution >= 0.6 is 11.8 Å². The molecule has 0 N–H and O–H groups in total. The fourth-order valence-electron chi connectivity index (χ4n) is 3.36. The second-order valence-electron chi connectivity index (χ2n) is 6.37. The summed E-state index contributed by atoms with van der Waals surface area (Å²) < 4.78 is 7.43. The first-order valence-electron chi connectivity index (χ1n) is 8.56. The Hall–Kier alpha value is -2.18. The number of para-hydroxylation sites is 1. The summed E-state index contributed by atoms with van der Waals surface area (Å²) in [6.45, 7) is 6.74. The van der Waals surface area contributed by atoms with E-state index < -0.39 is 0 Å². The van der Waals surface area contributed by atoms with Crippen molar-refractivity contribution >= 4 is 28.4 Å². The van der Waals surface area contributed by atoms with Gasteiger partial charge in [-0.25, -0.2) is 9.97 Å².